The van der Waals surface area contributed by atoms with E-state index in [9.17, 15) is 0 Å². The lowest BCUT2D eigenvalue weighted by Crippen LogP contribution is -2.43. The summed E-state index contributed by atoms with van der Waals surface area (Å²) in [5.41, 5.74) is 0. The van der Waals surface area contributed by atoms with Gasteiger partial charge in [-0.3, -0.25) is 0 Å². The lowest BCUT2D eigenvalue weighted by molar-refractivity contribution is 0.561. The predicted octanol–water partition coefficient (Wildman–Crippen LogP) is 1.76. The van der Waals surface area contributed by atoms with E-state index in [1.807, 2.05) is 11.8 Å². The van der Waals surface area contributed by atoms with Gasteiger partial charge in [0.1, 0.15) is 0 Å². The van der Waals surface area contributed by atoms with E-state index in [2.05, 4.69) is 17.6 Å². The Morgan fingerprint density at radius 1 is 1.46 bits per heavy atom. The van der Waals surface area contributed by atoms with Gasteiger partial charge in [-0.05, 0) is 43.0 Å². The Bertz CT molecular complexity index is 156. The molecular weight excluding hydrogens is 200 g/mol. The zero-order chi connectivity index (χ0) is 9.52. The fraction of sp³-hybridized carbons (Fsp3) is 0.889. The third kappa shape index (κ3) is 4.72. The molecule has 1 rings (SSSR count). The molecule has 0 bridgehead atoms. The quantitative estimate of drug-likeness (QED) is 0.705. The third-order valence-corrected chi connectivity index (χ3v) is 3.40. The SMILES string of the molecule is CCCNC(=S)NC1CCSCC1. The zero-order valence-electron chi connectivity index (χ0n) is 8.14. The van der Waals surface area contributed by atoms with Crippen LogP contribution in [0.2, 0.25) is 0 Å². The molecular formula is C9H18N2S2. The van der Waals surface area contributed by atoms with E-state index in [0.717, 1.165) is 18.1 Å². The molecule has 0 aromatic carbocycles. The maximum Gasteiger partial charge on any atom is 0.166 e. The highest BCUT2D eigenvalue weighted by Gasteiger charge is 2.13. The first-order valence-electron chi connectivity index (χ1n) is 4.95. The van der Waals surface area contributed by atoms with Crippen molar-refractivity contribution in [1.29, 1.82) is 0 Å². The van der Waals surface area contributed by atoms with Crippen LogP contribution in [0.4, 0.5) is 0 Å². The number of thioether (sulfide) groups is 1. The number of rotatable bonds is 3. The van der Waals surface area contributed by atoms with Crippen LogP contribution in [0.15, 0.2) is 0 Å². The number of thiocarbonyl (C=S) groups is 1. The molecule has 0 atom stereocenters. The van der Waals surface area contributed by atoms with Crippen LogP contribution in [0.25, 0.3) is 0 Å². The molecule has 76 valence electrons. The molecule has 0 aromatic heterocycles. The van der Waals surface area contributed by atoms with Crippen molar-refractivity contribution in [3.8, 4) is 0 Å². The van der Waals surface area contributed by atoms with Crippen LogP contribution in [0.5, 0.6) is 0 Å². The molecule has 1 aliphatic heterocycles. The van der Waals surface area contributed by atoms with Gasteiger partial charge in [0.05, 0.1) is 0 Å². The molecule has 1 aliphatic rings. The zero-order valence-corrected chi connectivity index (χ0v) is 9.77. The maximum absolute atomic E-state index is 5.17. The molecule has 0 amide bonds. The standard InChI is InChI=1S/C9H18N2S2/c1-2-5-10-9(12)11-8-3-6-13-7-4-8/h8H,2-7H2,1H3,(H2,10,11,12). The van der Waals surface area contributed by atoms with Crippen molar-refractivity contribution in [2.75, 3.05) is 18.1 Å². The van der Waals surface area contributed by atoms with Gasteiger partial charge in [-0.15, -0.1) is 0 Å². The molecule has 2 nitrogen and oxygen atoms in total. The molecule has 0 saturated carbocycles. The second kappa shape index (κ2) is 6.49. The van der Waals surface area contributed by atoms with Gasteiger partial charge in [0.15, 0.2) is 5.11 Å². The second-order valence-electron chi connectivity index (χ2n) is 3.29. The van der Waals surface area contributed by atoms with Crippen LogP contribution in [-0.2, 0) is 0 Å². The van der Waals surface area contributed by atoms with Gasteiger partial charge >= 0.3 is 0 Å². The minimum Gasteiger partial charge on any atom is -0.363 e. The van der Waals surface area contributed by atoms with Crippen molar-refractivity contribution in [2.24, 2.45) is 0 Å². The van der Waals surface area contributed by atoms with Gasteiger partial charge in [0, 0.05) is 12.6 Å². The van der Waals surface area contributed by atoms with Crippen molar-refractivity contribution in [1.82, 2.24) is 10.6 Å². The first-order valence-corrected chi connectivity index (χ1v) is 6.51. The van der Waals surface area contributed by atoms with Gasteiger partial charge in [0.25, 0.3) is 0 Å². The minimum atomic E-state index is 0.609. The number of hydrogen-bond donors (Lipinski definition) is 2. The Morgan fingerprint density at radius 2 is 2.15 bits per heavy atom. The Balaban J connectivity index is 2.11. The Morgan fingerprint density at radius 3 is 2.77 bits per heavy atom. The first-order chi connectivity index (χ1) is 6.33. The molecule has 1 fully saturated rings. The molecule has 0 unspecified atom stereocenters. The first kappa shape index (κ1) is 11.1. The van der Waals surface area contributed by atoms with Crippen LogP contribution < -0.4 is 10.6 Å². The van der Waals surface area contributed by atoms with Gasteiger partial charge in [-0.2, -0.15) is 11.8 Å². The average Bonchev–Trinajstić information content (AvgIpc) is 2.16. The number of nitrogens with one attached hydrogen (secondary N) is 2. The highest BCUT2D eigenvalue weighted by Crippen LogP contribution is 2.16. The molecule has 0 aliphatic carbocycles. The summed E-state index contributed by atoms with van der Waals surface area (Å²) in [6.07, 6.45) is 3.62. The normalized spacial score (nSPS) is 18.2. The molecule has 1 saturated heterocycles. The summed E-state index contributed by atoms with van der Waals surface area (Å²) < 4.78 is 0. The van der Waals surface area contributed by atoms with Crippen molar-refractivity contribution >= 4 is 29.1 Å². The molecule has 0 radical (unpaired) electrons. The fourth-order valence-corrected chi connectivity index (χ4v) is 2.69. The van der Waals surface area contributed by atoms with Gasteiger partial charge < -0.3 is 10.6 Å². The summed E-state index contributed by atoms with van der Waals surface area (Å²) in [5, 5.41) is 7.39. The molecule has 0 aromatic rings. The molecule has 0 spiro atoms. The highest BCUT2D eigenvalue weighted by atomic mass is 32.2. The van der Waals surface area contributed by atoms with Crippen LogP contribution in [0.3, 0.4) is 0 Å². The Labute approximate surface area is 90.2 Å². The van der Waals surface area contributed by atoms with E-state index in [4.69, 9.17) is 12.2 Å². The molecule has 1 heterocycles. The van der Waals surface area contributed by atoms with E-state index < -0.39 is 0 Å². The summed E-state index contributed by atoms with van der Waals surface area (Å²) >= 11 is 7.21. The van der Waals surface area contributed by atoms with Gasteiger partial charge in [0.2, 0.25) is 0 Å². The largest absolute Gasteiger partial charge is 0.363 e. The topological polar surface area (TPSA) is 24.1 Å². The monoisotopic (exact) mass is 218 g/mol. The fourth-order valence-electron chi connectivity index (χ4n) is 1.32. The van der Waals surface area contributed by atoms with E-state index in [-0.39, 0.29) is 0 Å². The van der Waals surface area contributed by atoms with E-state index in [1.165, 1.54) is 24.3 Å². The summed E-state index contributed by atoms with van der Waals surface area (Å²) in [6.45, 7) is 3.13. The average molecular weight is 218 g/mol. The van der Waals surface area contributed by atoms with Crippen LogP contribution in [0, 0.1) is 0 Å². The second-order valence-corrected chi connectivity index (χ2v) is 4.92. The predicted molar refractivity (Wildman–Crippen MR) is 64.4 cm³/mol. The summed E-state index contributed by atoms with van der Waals surface area (Å²) in [6, 6.07) is 0.609. The minimum absolute atomic E-state index is 0.609. The molecule has 13 heavy (non-hydrogen) atoms. The van der Waals surface area contributed by atoms with Gasteiger partial charge in [-0.25, -0.2) is 0 Å². The van der Waals surface area contributed by atoms with Crippen LogP contribution >= 0.6 is 24.0 Å². The molecule has 4 heteroatoms. The summed E-state index contributed by atoms with van der Waals surface area (Å²) in [7, 11) is 0. The summed E-state index contributed by atoms with van der Waals surface area (Å²) in [5.74, 6) is 2.54. The lowest BCUT2D eigenvalue weighted by Gasteiger charge is -2.24. The number of hydrogen-bond acceptors (Lipinski definition) is 2. The van der Waals surface area contributed by atoms with Crippen LogP contribution in [-0.4, -0.2) is 29.2 Å². The van der Waals surface area contributed by atoms with Crippen molar-refractivity contribution in [3.05, 3.63) is 0 Å². The van der Waals surface area contributed by atoms with Crippen molar-refractivity contribution in [2.45, 2.75) is 32.2 Å². The Hall–Kier alpha value is 0.0400. The third-order valence-electron chi connectivity index (χ3n) is 2.09. The van der Waals surface area contributed by atoms with Crippen molar-refractivity contribution < 1.29 is 0 Å². The van der Waals surface area contributed by atoms with Gasteiger partial charge in [-0.1, -0.05) is 6.92 Å². The van der Waals surface area contributed by atoms with E-state index in [1.54, 1.807) is 0 Å². The van der Waals surface area contributed by atoms with E-state index in [0.29, 0.717) is 6.04 Å². The van der Waals surface area contributed by atoms with Crippen LogP contribution in [0.1, 0.15) is 26.2 Å². The highest BCUT2D eigenvalue weighted by molar-refractivity contribution is 7.99. The van der Waals surface area contributed by atoms with E-state index >= 15 is 0 Å². The lowest BCUT2D eigenvalue weighted by atomic mass is 10.2. The summed E-state index contributed by atoms with van der Waals surface area (Å²) in [4.78, 5) is 0. The smallest absolute Gasteiger partial charge is 0.166 e. The maximum atomic E-state index is 5.17. The molecule has 2 N–H and O–H groups in total. The van der Waals surface area contributed by atoms with Crippen molar-refractivity contribution in [3.63, 3.8) is 0 Å². The Kier molecular flexibility index (Phi) is 5.55.